The molecule has 3 rings (SSSR count). The monoisotopic (exact) mass is 450 g/mol. The van der Waals surface area contributed by atoms with Gasteiger partial charge in [-0.2, -0.15) is 0 Å². The van der Waals surface area contributed by atoms with Gasteiger partial charge < -0.3 is 15.0 Å². The summed E-state index contributed by atoms with van der Waals surface area (Å²) in [4.78, 5) is 27.7. The second-order valence-electron chi connectivity index (χ2n) is 7.55. The molecule has 0 aliphatic rings. The molecule has 166 valence electrons. The lowest BCUT2D eigenvalue weighted by Gasteiger charge is -2.29. The van der Waals surface area contributed by atoms with Crippen LogP contribution in [0, 0.1) is 0 Å². The second-order valence-corrected chi connectivity index (χ2v) is 7.99. The fraction of sp³-hybridized carbons (Fsp3) is 0.231. The van der Waals surface area contributed by atoms with E-state index >= 15 is 0 Å². The van der Waals surface area contributed by atoms with Crippen LogP contribution in [0.1, 0.15) is 23.6 Å². The number of nitrogens with one attached hydrogen (secondary N) is 1. The van der Waals surface area contributed by atoms with Crippen molar-refractivity contribution >= 4 is 23.4 Å². The lowest BCUT2D eigenvalue weighted by molar-refractivity contribution is -0.140. The summed E-state index contributed by atoms with van der Waals surface area (Å²) in [6.07, 6.45) is 0.184. The van der Waals surface area contributed by atoms with Crippen LogP contribution < -0.4 is 10.1 Å². The standard InChI is InChI=1S/C26H27ClN2O3/c1-19(26(31)28-17-21-6-4-3-5-7-21)29(18-22-10-14-24(32-2)15-11-22)25(30)16-20-8-12-23(27)13-9-20/h3-15,19H,16-18H2,1-2H3,(H,28,31)/t19-/m0/s1. The second kappa shape index (κ2) is 11.3. The zero-order valence-electron chi connectivity index (χ0n) is 18.3. The van der Waals surface area contributed by atoms with Crippen molar-refractivity contribution in [2.24, 2.45) is 0 Å². The number of benzene rings is 3. The molecule has 0 fully saturated rings. The first-order valence-electron chi connectivity index (χ1n) is 10.4. The van der Waals surface area contributed by atoms with Crippen LogP contribution in [-0.4, -0.2) is 29.9 Å². The smallest absolute Gasteiger partial charge is 0.242 e. The molecule has 6 heteroatoms. The topological polar surface area (TPSA) is 58.6 Å². The van der Waals surface area contributed by atoms with Gasteiger partial charge in [-0.25, -0.2) is 0 Å². The summed E-state index contributed by atoms with van der Waals surface area (Å²) in [6, 6.07) is 23.7. The number of amides is 2. The molecule has 3 aromatic rings. The minimum absolute atomic E-state index is 0.134. The number of carbonyl (C=O) groups excluding carboxylic acids is 2. The van der Waals surface area contributed by atoms with Gasteiger partial charge >= 0.3 is 0 Å². The molecule has 0 aromatic heterocycles. The highest BCUT2D eigenvalue weighted by atomic mass is 35.5. The van der Waals surface area contributed by atoms with Gasteiger partial charge in [0.25, 0.3) is 0 Å². The van der Waals surface area contributed by atoms with Crippen LogP contribution in [-0.2, 0) is 29.1 Å². The molecule has 0 spiro atoms. The molecule has 3 aromatic carbocycles. The summed E-state index contributed by atoms with van der Waals surface area (Å²) in [7, 11) is 1.61. The van der Waals surface area contributed by atoms with E-state index in [9.17, 15) is 9.59 Å². The van der Waals surface area contributed by atoms with Crippen LogP contribution in [0.3, 0.4) is 0 Å². The van der Waals surface area contributed by atoms with Crippen molar-refractivity contribution in [2.75, 3.05) is 7.11 Å². The molecule has 2 amide bonds. The van der Waals surface area contributed by atoms with Gasteiger partial charge in [0.1, 0.15) is 11.8 Å². The maximum absolute atomic E-state index is 13.2. The van der Waals surface area contributed by atoms with Gasteiger partial charge in [-0.05, 0) is 47.9 Å². The van der Waals surface area contributed by atoms with Crippen molar-refractivity contribution in [1.82, 2.24) is 10.2 Å². The summed E-state index contributed by atoms with van der Waals surface area (Å²) in [6.45, 7) is 2.48. The highest BCUT2D eigenvalue weighted by Gasteiger charge is 2.26. The molecule has 1 atom stereocenters. The Balaban J connectivity index is 1.74. The van der Waals surface area contributed by atoms with Crippen LogP contribution in [0.4, 0.5) is 0 Å². The van der Waals surface area contributed by atoms with Crippen molar-refractivity contribution in [1.29, 1.82) is 0 Å². The third-order valence-electron chi connectivity index (χ3n) is 5.26. The summed E-state index contributed by atoms with van der Waals surface area (Å²) in [5.74, 6) is 0.402. The first-order chi connectivity index (χ1) is 15.5. The number of hydrogen-bond donors (Lipinski definition) is 1. The van der Waals surface area contributed by atoms with Crippen LogP contribution >= 0.6 is 11.6 Å². The number of hydrogen-bond acceptors (Lipinski definition) is 3. The Morgan fingerprint density at radius 3 is 2.16 bits per heavy atom. The Labute approximate surface area is 194 Å². The molecule has 0 saturated carbocycles. The van der Waals surface area contributed by atoms with Gasteiger partial charge in [-0.3, -0.25) is 9.59 Å². The quantitative estimate of drug-likeness (QED) is 0.517. The molecule has 0 heterocycles. The van der Waals surface area contributed by atoms with Crippen LogP contribution in [0.25, 0.3) is 0 Å². The number of rotatable bonds is 9. The van der Waals surface area contributed by atoms with Gasteiger partial charge in [0.15, 0.2) is 0 Å². The number of halogens is 1. The summed E-state index contributed by atoms with van der Waals surface area (Å²) in [5, 5.41) is 3.55. The van der Waals surface area contributed by atoms with Gasteiger partial charge in [-0.1, -0.05) is 66.2 Å². The maximum Gasteiger partial charge on any atom is 0.242 e. The Kier molecular flexibility index (Phi) is 8.28. The minimum Gasteiger partial charge on any atom is -0.497 e. The molecule has 0 aliphatic carbocycles. The van der Waals surface area contributed by atoms with E-state index in [2.05, 4.69) is 5.32 Å². The SMILES string of the molecule is COc1ccc(CN(C(=O)Cc2ccc(Cl)cc2)[C@@H](C)C(=O)NCc2ccccc2)cc1. The van der Waals surface area contributed by atoms with Crippen molar-refractivity contribution < 1.29 is 14.3 Å². The zero-order valence-corrected chi connectivity index (χ0v) is 19.0. The van der Waals surface area contributed by atoms with E-state index in [1.165, 1.54) is 0 Å². The Hall–Kier alpha value is -3.31. The van der Waals surface area contributed by atoms with Crippen LogP contribution in [0.15, 0.2) is 78.9 Å². The fourth-order valence-electron chi connectivity index (χ4n) is 3.32. The lowest BCUT2D eigenvalue weighted by atomic mass is 10.1. The fourth-order valence-corrected chi connectivity index (χ4v) is 3.45. The molecular formula is C26H27ClN2O3. The maximum atomic E-state index is 13.2. The van der Waals surface area contributed by atoms with Crippen molar-refractivity contribution in [2.45, 2.75) is 32.5 Å². The van der Waals surface area contributed by atoms with E-state index in [1.54, 1.807) is 31.1 Å². The van der Waals surface area contributed by atoms with Gasteiger partial charge in [0, 0.05) is 18.1 Å². The molecule has 0 unspecified atom stereocenters. The van der Waals surface area contributed by atoms with Gasteiger partial charge in [0.2, 0.25) is 11.8 Å². The van der Waals surface area contributed by atoms with Crippen LogP contribution in [0.5, 0.6) is 5.75 Å². The summed E-state index contributed by atoms with van der Waals surface area (Å²) < 4.78 is 5.21. The molecule has 1 N–H and O–H groups in total. The normalized spacial score (nSPS) is 11.5. The van der Waals surface area contributed by atoms with Crippen molar-refractivity contribution in [3.8, 4) is 5.75 Å². The molecule has 0 saturated heterocycles. The number of nitrogens with zero attached hydrogens (tertiary/aromatic N) is 1. The van der Waals surface area contributed by atoms with E-state index in [4.69, 9.17) is 16.3 Å². The summed E-state index contributed by atoms with van der Waals surface area (Å²) >= 11 is 5.96. The average Bonchev–Trinajstić information content (AvgIpc) is 2.83. The molecule has 5 nitrogen and oxygen atoms in total. The largest absolute Gasteiger partial charge is 0.497 e. The number of ether oxygens (including phenoxy) is 1. The predicted octanol–water partition coefficient (Wildman–Crippen LogP) is 4.62. The Morgan fingerprint density at radius 2 is 1.53 bits per heavy atom. The van der Waals surface area contributed by atoms with Gasteiger partial charge in [-0.15, -0.1) is 0 Å². The zero-order chi connectivity index (χ0) is 22.9. The molecule has 0 bridgehead atoms. The van der Waals surface area contributed by atoms with Crippen molar-refractivity contribution in [3.63, 3.8) is 0 Å². The van der Waals surface area contributed by atoms with E-state index in [-0.39, 0.29) is 18.2 Å². The van der Waals surface area contributed by atoms with E-state index in [0.717, 1.165) is 22.4 Å². The Bertz CT molecular complexity index is 1020. The minimum atomic E-state index is -0.638. The van der Waals surface area contributed by atoms with Crippen LogP contribution in [0.2, 0.25) is 5.02 Å². The third kappa shape index (κ3) is 6.59. The molecule has 0 aliphatic heterocycles. The molecule has 0 radical (unpaired) electrons. The van der Waals surface area contributed by atoms with Crippen molar-refractivity contribution in [3.05, 3.63) is 101 Å². The van der Waals surface area contributed by atoms with E-state index in [1.807, 2.05) is 66.7 Å². The molecular weight excluding hydrogens is 424 g/mol. The highest BCUT2D eigenvalue weighted by molar-refractivity contribution is 6.30. The average molecular weight is 451 g/mol. The Morgan fingerprint density at radius 1 is 0.906 bits per heavy atom. The first-order valence-corrected chi connectivity index (χ1v) is 10.8. The lowest BCUT2D eigenvalue weighted by Crippen LogP contribution is -2.47. The number of carbonyl (C=O) groups is 2. The first kappa shape index (κ1) is 23.4. The highest BCUT2D eigenvalue weighted by Crippen LogP contribution is 2.17. The van der Waals surface area contributed by atoms with Gasteiger partial charge in [0.05, 0.1) is 13.5 Å². The van der Waals surface area contributed by atoms with E-state index in [0.29, 0.717) is 18.1 Å². The molecule has 32 heavy (non-hydrogen) atoms. The van der Waals surface area contributed by atoms with E-state index < -0.39 is 6.04 Å². The summed E-state index contributed by atoms with van der Waals surface area (Å²) in [5.41, 5.74) is 2.76. The predicted molar refractivity (Wildman–Crippen MR) is 126 cm³/mol. The number of methoxy groups -OCH3 is 1. The third-order valence-corrected chi connectivity index (χ3v) is 5.51.